The summed E-state index contributed by atoms with van der Waals surface area (Å²) in [6.07, 6.45) is 7.36. The molecule has 1 aliphatic rings. The van der Waals surface area contributed by atoms with E-state index < -0.39 is 6.10 Å². The van der Waals surface area contributed by atoms with Gasteiger partial charge in [-0.1, -0.05) is 30.9 Å². The minimum atomic E-state index is -0.504. The molecular formula is C21H28ClN7O. The fourth-order valence-electron chi connectivity index (χ4n) is 3.89. The molecule has 0 saturated heterocycles. The Balaban J connectivity index is 1.67. The summed E-state index contributed by atoms with van der Waals surface area (Å²) in [5, 5.41) is 16.7. The van der Waals surface area contributed by atoms with Gasteiger partial charge in [0.2, 0.25) is 5.95 Å². The van der Waals surface area contributed by atoms with E-state index in [0.717, 1.165) is 29.6 Å². The van der Waals surface area contributed by atoms with Crippen molar-refractivity contribution in [1.82, 2.24) is 19.5 Å². The molecule has 1 aliphatic carbocycles. The topological polar surface area (TPSA) is 114 Å². The number of anilines is 3. The zero-order chi connectivity index (χ0) is 21.1. The normalized spacial score (nSPS) is 16.0. The first kappa shape index (κ1) is 20.7. The molecule has 1 saturated carbocycles. The van der Waals surface area contributed by atoms with Crippen molar-refractivity contribution >= 4 is 40.2 Å². The molecule has 3 aromatic rings. The molecule has 160 valence electrons. The predicted molar refractivity (Wildman–Crippen MR) is 121 cm³/mol. The standard InChI is InChI=1S/C21H28ClN7O/c1-13(30)10-25-21-27-19(24-11-14-9-15(22)7-8-17(14)23)18-20(28-21)29(12-26-18)16-5-3-2-4-6-16/h7-9,12-13,16,30H,2-6,10-11,23H2,1H3,(H2,24,25,27,28). The number of aliphatic hydroxyl groups is 1. The van der Waals surface area contributed by atoms with Crippen LogP contribution in [0.2, 0.25) is 5.02 Å². The van der Waals surface area contributed by atoms with Crippen LogP contribution in [0.25, 0.3) is 11.2 Å². The number of rotatable bonds is 7. The second-order valence-corrected chi connectivity index (χ2v) is 8.37. The first-order valence-corrected chi connectivity index (χ1v) is 10.8. The number of fused-ring (bicyclic) bond motifs is 1. The maximum Gasteiger partial charge on any atom is 0.226 e. The number of aliphatic hydroxyl groups excluding tert-OH is 1. The number of nitrogens with zero attached hydrogens (tertiary/aromatic N) is 4. The Bertz CT molecular complexity index is 1010. The van der Waals surface area contributed by atoms with Crippen LogP contribution in [-0.2, 0) is 6.54 Å². The zero-order valence-electron chi connectivity index (χ0n) is 17.1. The van der Waals surface area contributed by atoms with Gasteiger partial charge in [0.05, 0.1) is 12.4 Å². The summed E-state index contributed by atoms with van der Waals surface area (Å²) in [6.45, 7) is 2.55. The Morgan fingerprint density at radius 2 is 2.03 bits per heavy atom. The van der Waals surface area contributed by atoms with E-state index in [1.807, 2.05) is 12.4 Å². The number of halogens is 1. The molecule has 1 aromatic carbocycles. The quantitative estimate of drug-likeness (QED) is 0.420. The Morgan fingerprint density at radius 1 is 1.23 bits per heavy atom. The lowest BCUT2D eigenvalue weighted by molar-refractivity contribution is 0.208. The summed E-state index contributed by atoms with van der Waals surface area (Å²) in [7, 11) is 0. The minimum absolute atomic E-state index is 0.365. The van der Waals surface area contributed by atoms with Gasteiger partial charge in [0.25, 0.3) is 0 Å². The van der Waals surface area contributed by atoms with Gasteiger partial charge in [-0.3, -0.25) is 0 Å². The predicted octanol–water partition coefficient (Wildman–Crippen LogP) is 3.97. The third-order valence-corrected chi connectivity index (χ3v) is 5.73. The van der Waals surface area contributed by atoms with Gasteiger partial charge in [-0.2, -0.15) is 9.97 Å². The van der Waals surface area contributed by atoms with Gasteiger partial charge in [-0.05, 0) is 43.5 Å². The number of hydrogen-bond donors (Lipinski definition) is 4. The fourth-order valence-corrected chi connectivity index (χ4v) is 4.09. The molecule has 0 spiro atoms. The van der Waals surface area contributed by atoms with Crippen LogP contribution in [0.1, 0.15) is 50.6 Å². The van der Waals surface area contributed by atoms with E-state index in [1.54, 1.807) is 19.1 Å². The molecule has 4 rings (SSSR count). The fraction of sp³-hybridized carbons (Fsp3) is 0.476. The summed E-state index contributed by atoms with van der Waals surface area (Å²) in [6, 6.07) is 5.81. The number of aromatic nitrogens is 4. The molecule has 0 radical (unpaired) electrons. The SMILES string of the molecule is CC(O)CNc1nc(NCc2cc(Cl)ccc2N)c2ncn(C3CCCCC3)c2n1. The van der Waals surface area contributed by atoms with Crippen LogP contribution >= 0.6 is 11.6 Å². The minimum Gasteiger partial charge on any atom is -0.398 e. The van der Waals surface area contributed by atoms with Crippen LogP contribution in [-0.4, -0.2) is 37.3 Å². The maximum atomic E-state index is 9.65. The molecule has 0 amide bonds. The van der Waals surface area contributed by atoms with Crippen LogP contribution < -0.4 is 16.4 Å². The molecule has 1 atom stereocenters. The van der Waals surface area contributed by atoms with Crippen molar-refractivity contribution in [2.24, 2.45) is 0 Å². The zero-order valence-corrected chi connectivity index (χ0v) is 17.9. The summed E-state index contributed by atoms with van der Waals surface area (Å²) in [5.41, 5.74) is 9.16. The second kappa shape index (κ2) is 9.06. The lowest BCUT2D eigenvalue weighted by Gasteiger charge is -2.23. The van der Waals surface area contributed by atoms with E-state index in [4.69, 9.17) is 22.3 Å². The van der Waals surface area contributed by atoms with E-state index in [9.17, 15) is 5.11 Å². The lowest BCUT2D eigenvalue weighted by Crippen LogP contribution is -2.18. The Morgan fingerprint density at radius 3 is 2.80 bits per heavy atom. The largest absolute Gasteiger partial charge is 0.398 e. The molecule has 30 heavy (non-hydrogen) atoms. The van der Waals surface area contributed by atoms with E-state index in [2.05, 4.69) is 25.2 Å². The summed E-state index contributed by atoms with van der Waals surface area (Å²) >= 11 is 6.12. The van der Waals surface area contributed by atoms with Gasteiger partial charge in [0.15, 0.2) is 17.0 Å². The first-order valence-electron chi connectivity index (χ1n) is 10.5. The number of hydrogen-bond acceptors (Lipinski definition) is 7. The molecule has 8 nitrogen and oxygen atoms in total. The van der Waals surface area contributed by atoms with Crippen molar-refractivity contribution in [2.45, 2.75) is 57.7 Å². The number of nitrogen functional groups attached to an aromatic ring is 1. The molecule has 0 bridgehead atoms. The highest BCUT2D eigenvalue weighted by Gasteiger charge is 2.21. The van der Waals surface area contributed by atoms with Crippen molar-refractivity contribution in [1.29, 1.82) is 0 Å². The molecule has 5 N–H and O–H groups in total. The molecule has 1 fully saturated rings. The smallest absolute Gasteiger partial charge is 0.226 e. The average Bonchev–Trinajstić information content (AvgIpc) is 3.17. The number of imidazole rings is 1. The highest BCUT2D eigenvalue weighted by atomic mass is 35.5. The van der Waals surface area contributed by atoms with Crippen LogP contribution in [0.15, 0.2) is 24.5 Å². The highest BCUT2D eigenvalue weighted by molar-refractivity contribution is 6.30. The van der Waals surface area contributed by atoms with E-state index >= 15 is 0 Å². The lowest BCUT2D eigenvalue weighted by atomic mass is 9.95. The molecule has 2 heterocycles. The van der Waals surface area contributed by atoms with Crippen molar-refractivity contribution in [3.05, 3.63) is 35.1 Å². The van der Waals surface area contributed by atoms with Gasteiger partial charge in [-0.15, -0.1) is 0 Å². The van der Waals surface area contributed by atoms with Crippen LogP contribution in [0.4, 0.5) is 17.5 Å². The van der Waals surface area contributed by atoms with Crippen molar-refractivity contribution in [3.63, 3.8) is 0 Å². The monoisotopic (exact) mass is 429 g/mol. The van der Waals surface area contributed by atoms with Gasteiger partial charge >= 0.3 is 0 Å². The number of benzene rings is 1. The Kier molecular flexibility index (Phi) is 6.24. The van der Waals surface area contributed by atoms with Gasteiger partial charge < -0.3 is 26.0 Å². The summed E-state index contributed by atoms with van der Waals surface area (Å²) in [5.74, 6) is 1.09. The van der Waals surface area contributed by atoms with Crippen molar-refractivity contribution < 1.29 is 5.11 Å². The summed E-state index contributed by atoms with van der Waals surface area (Å²) in [4.78, 5) is 13.9. The van der Waals surface area contributed by atoms with Crippen LogP contribution in [0.3, 0.4) is 0 Å². The third-order valence-electron chi connectivity index (χ3n) is 5.50. The molecule has 0 aliphatic heterocycles. The molecule has 2 aromatic heterocycles. The van der Waals surface area contributed by atoms with Gasteiger partial charge in [0.1, 0.15) is 0 Å². The molecule has 9 heteroatoms. The van der Waals surface area contributed by atoms with Gasteiger partial charge in [0, 0.05) is 29.8 Å². The highest BCUT2D eigenvalue weighted by Crippen LogP contribution is 2.32. The average molecular weight is 430 g/mol. The second-order valence-electron chi connectivity index (χ2n) is 7.94. The van der Waals surface area contributed by atoms with Crippen LogP contribution in [0, 0.1) is 0 Å². The molecular weight excluding hydrogens is 402 g/mol. The van der Waals surface area contributed by atoms with Crippen molar-refractivity contribution in [2.75, 3.05) is 22.9 Å². The first-order chi connectivity index (χ1) is 14.5. The molecule has 1 unspecified atom stereocenters. The number of nitrogens with one attached hydrogen (secondary N) is 2. The maximum absolute atomic E-state index is 9.65. The van der Waals surface area contributed by atoms with Gasteiger partial charge in [-0.25, -0.2) is 4.98 Å². The Hall–Kier alpha value is -2.58. The van der Waals surface area contributed by atoms with Crippen molar-refractivity contribution in [3.8, 4) is 0 Å². The van der Waals surface area contributed by atoms with E-state index in [1.165, 1.54) is 19.3 Å². The van der Waals surface area contributed by atoms with E-state index in [-0.39, 0.29) is 0 Å². The Labute approximate surface area is 180 Å². The summed E-state index contributed by atoms with van der Waals surface area (Å²) < 4.78 is 2.17. The third kappa shape index (κ3) is 4.60. The van der Waals surface area contributed by atoms with Crippen LogP contribution in [0.5, 0.6) is 0 Å². The van der Waals surface area contributed by atoms with E-state index in [0.29, 0.717) is 41.6 Å². The number of nitrogens with two attached hydrogens (primary N) is 1.